The average Bonchev–Trinajstić information content (AvgIpc) is 2.66. The zero-order valence-corrected chi connectivity index (χ0v) is 15.7. The van der Waals surface area contributed by atoms with Gasteiger partial charge < -0.3 is 14.8 Å². The summed E-state index contributed by atoms with van der Waals surface area (Å²) in [6, 6.07) is 13.2. The number of hydrogen-bond acceptors (Lipinski definition) is 4. The summed E-state index contributed by atoms with van der Waals surface area (Å²) in [4.78, 5) is 12.5. The summed E-state index contributed by atoms with van der Waals surface area (Å²) in [5.41, 5.74) is 2.45. The van der Waals surface area contributed by atoms with Gasteiger partial charge in [0.05, 0.1) is 18.8 Å². The average molecular weight is 353 g/mol. The highest BCUT2D eigenvalue weighted by Crippen LogP contribution is 2.30. The van der Waals surface area contributed by atoms with E-state index in [1.807, 2.05) is 56.3 Å². The van der Waals surface area contributed by atoms with Crippen LogP contribution in [0.3, 0.4) is 0 Å². The van der Waals surface area contributed by atoms with E-state index < -0.39 is 0 Å². The Labute approximate surface area is 155 Å². The number of ketones is 1. The van der Waals surface area contributed by atoms with Crippen molar-refractivity contribution in [3.8, 4) is 11.5 Å². The molecule has 2 aromatic carbocycles. The van der Waals surface area contributed by atoms with Crippen molar-refractivity contribution in [3.63, 3.8) is 0 Å². The Morgan fingerprint density at radius 2 is 1.58 bits per heavy atom. The molecule has 0 saturated heterocycles. The molecule has 0 unspecified atom stereocenters. The van der Waals surface area contributed by atoms with Crippen LogP contribution in [0.15, 0.2) is 48.5 Å². The normalized spacial score (nSPS) is 10.7. The first-order valence-electron chi connectivity index (χ1n) is 9.14. The number of anilines is 1. The van der Waals surface area contributed by atoms with Crippen LogP contribution in [-0.4, -0.2) is 25.5 Å². The molecule has 0 radical (unpaired) electrons. The molecule has 0 spiro atoms. The molecule has 0 fully saturated rings. The van der Waals surface area contributed by atoms with Crippen molar-refractivity contribution in [3.05, 3.63) is 59.7 Å². The molecular weight excluding hydrogens is 326 g/mol. The summed E-state index contributed by atoms with van der Waals surface area (Å²) in [6.07, 6.45) is 4.39. The number of hydrogen-bond donors (Lipinski definition) is 1. The Balaban J connectivity index is 2.18. The van der Waals surface area contributed by atoms with Crippen LogP contribution in [0, 0.1) is 0 Å². The molecule has 138 valence electrons. The van der Waals surface area contributed by atoms with Gasteiger partial charge in [0.2, 0.25) is 0 Å². The van der Waals surface area contributed by atoms with E-state index in [4.69, 9.17) is 9.47 Å². The number of benzene rings is 2. The molecule has 2 aromatic rings. The van der Waals surface area contributed by atoms with Crippen LogP contribution in [0.2, 0.25) is 0 Å². The number of ether oxygens (including phenoxy) is 2. The van der Waals surface area contributed by atoms with E-state index in [1.165, 1.54) is 0 Å². The fourth-order valence-corrected chi connectivity index (χ4v) is 2.53. The lowest BCUT2D eigenvalue weighted by Gasteiger charge is -2.12. The van der Waals surface area contributed by atoms with Crippen LogP contribution >= 0.6 is 0 Å². The second-order valence-corrected chi connectivity index (χ2v) is 5.74. The van der Waals surface area contributed by atoms with Crippen molar-refractivity contribution in [2.75, 3.05) is 25.1 Å². The minimum absolute atomic E-state index is 0.0548. The van der Waals surface area contributed by atoms with Crippen molar-refractivity contribution in [2.24, 2.45) is 0 Å². The smallest absolute Gasteiger partial charge is 0.185 e. The summed E-state index contributed by atoms with van der Waals surface area (Å²) in [5, 5.41) is 3.30. The highest BCUT2D eigenvalue weighted by molar-refractivity contribution is 6.07. The lowest BCUT2D eigenvalue weighted by molar-refractivity contribution is 0.104. The first-order chi connectivity index (χ1) is 12.7. The Morgan fingerprint density at radius 1 is 0.962 bits per heavy atom. The molecule has 2 rings (SSSR count). The Kier molecular flexibility index (Phi) is 7.75. The zero-order valence-electron chi connectivity index (χ0n) is 15.7. The molecule has 0 atom stereocenters. The second-order valence-electron chi connectivity index (χ2n) is 5.74. The molecule has 4 nitrogen and oxygen atoms in total. The number of rotatable bonds is 10. The summed E-state index contributed by atoms with van der Waals surface area (Å²) in [5.74, 6) is 1.36. The monoisotopic (exact) mass is 353 g/mol. The van der Waals surface area contributed by atoms with Crippen LogP contribution in [0.5, 0.6) is 11.5 Å². The highest BCUT2D eigenvalue weighted by atomic mass is 16.5. The van der Waals surface area contributed by atoms with E-state index in [0.29, 0.717) is 30.3 Å². The van der Waals surface area contributed by atoms with E-state index in [-0.39, 0.29) is 5.78 Å². The summed E-state index contributed by atoms with van der Waals surface area (Å²) >= 11 is 0. The lowest BCUT2D eigenvalue weighted by Crippen LogP contribution is -2.01. The molecule has 4 heteroatoms. The lowest BCUT2D eigenvalue weighted by atomic mass is 10.1. The van der Waals surface area contributed by atoms with Gasteiger partial charge in [0.25, 0.3) is 0 Å². The fraction of sp³-hybridized carbons (Fsp3) is 0.318. The van der Waals surface area contributed by atoms with Crippen LogP contribution < -0.4 is 14.8 Å². The predicted octanol–water partition coefficient (Wildman–Crippen LogP) is 5.20. The predicted molar refractivity (Wildman–Crippen MR) is 107 cm³/mol. The largest absolute Gasteiger partial charge is 0.493 e. The zero-order chi connectivity index (χ0) is 18.8. The molecule has 0 amide bonds. The van der Waals surface area contributed by atoms with Crippen molar-refractivity contribution >= 4 is 17.5 Å². The molecule has 0 saturated carbocycles. The quantitative estimate of drug-likeness (QED) is 0.471. The van der Waals surface area contributed by atoms with Crippen LogP contribution in [0.4, 0.5) is 5.69 Å². The Morgan fingerprint density at radius 3 is 2.12 bits per heavy atom. The molecule has 0 aliphatic rings. The van der Waals surface area contributed by atoms with E-state index in [0.717, 1.165) is 24.2 Å². The van der Waals surface area contributed by atoms with E-state index in [9.17, 15) is 4.79 Å². The van der Waals surface area contributed by atoms with Gasteiger partial charge in [-0.25, -0.2) is 0 Å². The number of carbonyl (C=O) groups excluding carboxylic acids is 1. The summed E-state index contributed by atoms with van der Waals surface area (Å²) in [7, 11) is 0. The van der Waals surface area contributed by atoms with Gasteiger partial charge in [-0.2, -0.15) is 0 Å². The second kappa shape index (κ2) is 10.3. The van der Waals surface area contributed by atoms with Crippen LogP contribution in [-0.2, 0) is 0 Å². The molecule has 0 bridgehead atoms. The minimum atomic E-state index is -0.0548. The molecule has 0 aromatic heterocycles. The number of nitrogens with one attached hydrogen (secondary N) is 1. The third-order valence-corrected chi connectivity index (χ3v) is 3.78. The topological polar surface area (TPSA) is 47.6 Å². The van der Waals surface area contributed by atoms with Gasteiger partial charge in [-0.15, -0.1) is 0 Å². The minimum Gasteiger partial charge on any atom is -0.493 e. The van der Waals surface area contributed by atoms with Crippen LogP contribution in [0.1, 0.15) is 43.1 Å². The van der Waals surface area contributed by atoms with Gasteiger partial charge >= 0.3 is 0 Å². The number of carbonyl (C=O) groups is 1. The molecule has 1 N–H and O–H groups in total. The van der Waals surface area contributed by atoms with Gasteiger partial charge in [-0.05, 0) is 68.8 Å². The van der Waals surface area contributed by atoms with Crippen molar-refractivity contribution in [1.82, 2.24) is 0 Å². The molecule has 0 heterocycles. The third kappa shape index (κ3) is 5.38. The maximum absolute atomic E-state index is 12.5. The van der Waals surface area contributed by atoms with Gasteiger partial charge in [0.15, 0.2) is 5.78 Å². The van der Waals surface area contributed by atoms with Gasteiger partial charge in [-0.1, -0.05) is 13.0 Å². The van der Waals surface area contributed by atoms with Crippen molar-refractivity contribution in [1.29, 1.82) is 0 Å². The van der Waals surface area contributed by atoms with E-state index in [1.54, 1.807) is 12.2 Å². The van der Waals surface area contributed by atoms with Crippen LogP contribution in [0.25, 0.3) is 6.08 Å². The molecule has 0 aliphatic heterocycles. The van der Waals surface area contributed by atoms with E-state index >= 15 is 0 Å². The fourth-order valence-electron chi connectivity index (χ4n) is 2.53. The summed E-state index contributed by atoms with van der Waals surface area (Å²) in [6.45, 7) is 8.00. The summed E-state index contributed by atoms with van der Waals surface area (Å²) < 4.78 is 11.3. The van der Waals surface area contributed by atoms with Gasteiger partial charge in [0.1, 0.15) is 11.5 Å². The molecule has 0 aliphatic carbocycles. The highest BCUT2D eigenvalue weighted by Gasteiger charge is 2.09. The Hall–Kier alpha value is -2.75. The first kappa shape index (κ1) is 19.6. The molecular formula is C22H27NO3. The van der Waals surface area contributed by atoms with Crippen molar-refractivity contribution in [2.45, 2.75) is 27.2 Å². The maximum Gasteiger partial charge on any atom is 0.185 e. The molecule has 26 heavy (non-hydrogen) atoms. The first-order valence-corrected chi connectivity index (χ1v) is 9.14. The Bertz CT molecular complexity index is 711. The third-order valence-electron chi connectivity index (χ3n) is 3.78. The van der Waals surface area contributed by atoms with Gasteiger partial charge in [-0.3, -0.25) is 4.79 Å². The van der Waals surface area contributed by atoms with Gasteiger partial charge in [0, 0.05) is 17.8 Å². The standard InChI is InChI=1S/C22H27NO3/c1-4-16-23-18-12-10-17(11-13-18)20(24)15-14-19-21(25-5-2)8-7-9-22(19)26-6-3/h7-15,23H,4-6,16H2,1-3H3. The van der Waals surface area contributed by atoms with Crippen molar-refractivity contribution < 1.29 is 14.3 Å². The van der Waals surface area contributed by atoms with E-state index in [2.05, 4.69) is 12.2 Å². The maximum atomic E-state index is 12.5. The number of allylic oxidation sites excluding steroid dienone is 1. The SMILES string of the molecule is CCCNc1ccc(C(=O)C=Cc2c(OCC)cccc2OCC)cc1.